The third-order valence-corrected chi connectivity index (χ3v) is 5.84. The average Bonchev–Trinajstić information content (AvgIpc) is 2.88. The van der Waals surface area contributed by atoms with E-state index in [4.69, 9.17) is 0 Å². The number of carbonyl (C=O) groups is 1. The van der Waals surface area contributed by atoms with E-state index in [0.717, 1.165) is 5.56 Å². The highest BCUT2D eigenvalue weighted by Gasteiger charge is 2.39. The van der Waals surface area contributed by atoms with Gasteiger partial charge in [0.15, 0.2) is 0 Å². The van der Waals surface area contributed by atoms with Crippen LogP contribution in [0.4, 0.5) is 0 Å². The van der Waals surface area contributed by atoms with Gasteiger partial charge >= 0.3 is 5.97 Å². The minimum absolute atomic E-state index is 0.0796. The number of aryl methyl sites for hydroxylation is 2. The molecule has 7 nitrogen and oxygen atoms in total. The molecule has 23 heavy (non-hydrogen) atoms. The lowest BCUT2D eigenvalue weighted by Gasteiger charge is -2.30. The van der Waals surface area contributed by atoms with E-state index in [0.29, 0.717) is 11.4 Å². The predicted molar refractivity (Wildman–Crippen MR) is 82.4 cm³/mol. The summed E-state index contributed by atoms with van der Waals surface area (Å²) in [4.78, 5) is 15.9. The van der Waals surface area contributed by atoms with E-state index in [1.54, 1.807) is 23.7 Å². The van der Waals surface area contributed by atoms with E-state index in [9.17, 15) is 18.3 Å². The van der Waals surface area contributed by atoms with E-state index >= 15 is 0 Å². The van der Waals surface area contributed by atoms with Crippen molar-refractivity contribution in [2.24, 2.45) is 7.05 Å². The van der Waals surface area contributed by atoms with E-state index in [1.807, 2.05) is 13.0 Å². The summed E-state index contributed by atoms with van der Waals surface area (Å²) in [6.45, 7) is 1.79. The molecule has 122 valence electrons. The van der Waals surface area contributed by atoms with Crippen molar-refractivity contribution in [2.75, 3.05) is 6.54 Å². The van der Waals surface area contributed by atoms with Crippen molar-refractivity contribution >= 4 is 16.0 Å². The maximum absolute atomic E-state index is 12.8. The van der Waals surface area contributed by atoms with Crippen LogP contribution in [0.15, 0.2) is 35.5 Å². The minimum atomic E-state index is -3.76. The van der Waals surface area contributed by atoms with Crippen molar-refractivity contribution in [2.45, 2.75) is 24.3 Å². The molecule has 0 unspecified atom stereocenters. The van der Waals surface area contributed by atoms with Gasteiger partial charge in [0.2, 0.25) is 10.0 Å². The van der Waals surface area contributed by atoms with Crippen molar-refractivity contribution in [3.05, 3.63) is 47.5 Å². The number of aliphatic carboxylic acids is 1. The Morgan fingerprint density at radius 1 is 1.39 bits per heavy atom. The van der Waals surface area contributed by atoms with Crippen LogP contribution in [-0.2, 0) is 28.4 Å². The largest absolute Gasteiger partial charge is 0.481 e. The summed E-state index contributed by atoms with van der Waals surface area (Å²) in [5.74, 6) is -1.98. The second-order valence-electron chi connectivity index (χ2n) is 5.69. The molecule has 8 heteroatoms. The summed E-state index contributed by atoms with van der Waals surface area (Å²) in [5.41, 5.74) is 1.88. The van der Waals surface area contributed by atoms with E-state index < -0.39 is 21.9 Å². The van der Waals surface area contributed by atoms with Crippen molar-refractivity contribution in [3.8, 4) is 0 Å². The second-order valence-corrected chi connectivity index (χ2v) is 7.63. The lowest BCUT2D eigenvalue weighted by molar-refractivity contribution is -0.139. The van der Waals surface area contributed by atoms with Crippen molar-refractivity contribution in [3.63, 3.8) is 0 Å². The van der Waals surface area contributed by atoms with Crippen LogP contribution in [0.3, 0.4) is 0 Å². The first-order valence-corrected chi connectivity index (χ1v) is 8.54. The molecule has 1 aromatic heterocycles. The molecule has 0 aliphatic carbocycles. The van der Waals surface area contributed by atoms with Crippen LogP contribution in [0.5, 0.6) is 0 Å². The zero-order valence-corrected chi connectivity index (χ0v) is 13.6. The Kier molecular flexibility index (Phi) is 3.73. The van der Waals surface area contributed by atoms with Gasteiger partial charge in [0, 0.05) is 13.6 Å². The molecule has 3 rings (SSSR count). The number of nitrogens with zero attached hydrogens (tertiary/aromatic N) is 3. The number of hydrogen-bond acceptors (Lipinski definition) is 4. The van der Waals surface area contributed by atoms with Gasteiger partial charge in [0.25, 0.3) is 0 Å². The first-order chi connectivity index (χ1) is 10.8. The molecular weight excluding hydrogens is 318 g/mol. The molecule has 0 saturated carbocycles. The molecule has 0 amide bonds. The van der Waals surface area contributed by atoms with Gasteiger partial charge in [-0.2, -0.15) is 4.31 Å². The third-order valence-electron chi connectivity index (χ3n) is 4.03. The molecule has 0 fully saturated rings. The normalized spacial score (nSPS) is 18.6. The van der Waals surface area contributed by atoms with Crippen LogP contribution in [0, 0.1) is 6.92 Å². The molecule has 1 N–H and O–H groups in total. The number of benzene rings is 1. The van der Waals surface area contributed by atoms with Crippen molar-refractivity contribution in [1.82, 2.24) is 13.9 Å². The minimum Gasteiger partial charge on any atom is -0.481 e. The first kappa shape index (κ1) is 15.7. The lowest BCUT2D eigenvalue weighted by Crippen LogP contribution is -2.41. The fraction of sp³-hybridized carbons (Fsp3) is 0.333. The molecule has 0 radical (unpaired) electrons. The molecule has 2 aromatic rings. The number of fused-ring (bicyclic) bond motifs is 1. The lowest BCUT2D eigenvalue weighted by atomic mass is 10.0. The van der Waals surface area contributed by atoms with Crippen molar-refractivity contribution < 1.29 is 18.3 Å². The SMILES string of the molecule is Cc1cccc(S(=O)(=O)N2Cc3ncn(C)c3[C@@H](C(=O)O)C2)c1. The summed E-state index contributed by atoms with van der Waals surface area (Å²) in [5, 5.41) is 9.46. The first-order valence-electron chi connectivity index (χ1n) is 7.10. The highest BCUT2D eigenvalue weighted by Crippen LogP contribution is 2.31. The summed E-state index contributed by atoms with van der Waals surface area (Å²) in [6.07, 6.45) is 1.52. The van der Waals surface area contributed by atoms with Gasteiger partial charge in [-0.05, 0) is 24.6 Å². The molecule has 1 aliphatic rings. The van der Waals surface area contributed by atoms with Crippen LogP contribution in [0.2, 0.25) is 0 Å². The Balaban J connectivity index is 2.04. The molecule has 1 atom stereocenters. The highest BCUT2D eigenvalue weighted by atomic mass is 32.2. The average molecular weight is 335 g/mol. The summed E-state index contributed by atoms with van der Waals surface area (Å²) in [6, 6.07) is 6.59. The van der Waals surface area contributed by atoms with Gasteiger partial charge in [-0.25, -0.2) is 13.4 Å². The second kappa shape index (κ2) is 5.47. The zero-order chi connectivity index (χ0) is 16.8. The van der Waals surface area contributed by atoms with E-state index in [1.165, 1.54) is 16.7 Å². The molecule has 0 saturated heterocycles. The van der Waals surface area contributed by atoms with Gasteiger partial charge in [0.05, 0.1) is 29.2 Å². The molecule has 0 bridgehead atoms. The summed E-state index contributed by atoms with van der Waals surface area (Å²) < 4.78 is 28.5. The summed E-state index contributed by atoms with van der Waals surface area (Å²) >= 11 is 0. The maximum Gasteiger partial charge on any atom is 0.313 e. The molecule has 2 heterocycles. The van der Waals surface area contributed by atoms with Gasteiger partial charge < -0.3 is 9.67 Å². The van der Waals surface area contributed by atoms with Gasteiger partial charge in [-0.1, -0.05) is 12.1 Å². The number of hydrogen-bond donors (Lipinski definition) is 1. The van der Waals surface area contributed by atoms with Crippen LogP contribution in [-0.4, -0.2) is 39.9 Å². The topological polar surface area (TPSA) is 92.5 Å². The quantitative estimate of drug-likeness (QED) is 0.907. The molecule has 1 aliphatic heterocycles. The Morgan fingerprint density at radius 2 is 2.13 bits per heavy atom. The monoisotopic (exact) mass is 335 g/mol. The Hall–Kier alpha value is -2.19. The number of imidazole rings is 1. The number of sulfonamides is 1. The van der Waals surface area contributed by atoms with Crippen LogP contribution < -0.4 is 0 Å². The summed E-state index contributed by atoms with van der Waals surface area (Å²) in [7, 11) is -2.05. The Bertz CT molecular complexity index is 873. The van der Waals surface area contributed by atoms with Crippen LogP contribution in [0.25, 0.3) is 0 Å². The number of aromatic nitrogens is 2. The Morgan fingerprint density at radius 3 is 2.78 bits per heavy atom. The zero-order valence-electron chi connectivity index (χ0n) is 12.8. The molecular formula is C15H17N3O4S. The Labute approximate surface area is 134 Å². The molecule has 0 spiro atoms. The predicted octanol–water partition coefficient (Wildman–Crippen LogP) is 1.10. The van der Waals surface area contributed by atoms with Gasteiger partial charge in [0.1, 0.15) is 5.92 Å². The van der Waals surface area contributed by atoms with E-state index in [2.05, 4.69) is 4.98 Å². The van der Waals surface area contributed by atoms with E-state index in [-0.39, 0.29) is 18.0 Å². The number of rotatable bonds is 3. The van der Waals surface area contributed by atoms with Crippen molar-refractivity contribution in [1.29, 1.82) is 0 Å². The fourth-order valence-electron chi connectivity index (χ4n) is 2.88. The highest BCUT2D eigenvalue weighted by molar-refractivity contribution is 7.89. The fourth-order valence-corrected chi connectivity index (χ4v) is 4.40. The standard InChI is InChI=1S/C15H17N3O4S/c1-10-4-3-5-11(6-10)23(21,22)18-7-12(15(19)20)14-13(8-18)16-9-17(14)2/h3-6,9,12H,7-8H2,1-2H3,(H,19,20)/t12-/m0/s1. The van der Waals surface area contributed by atoms with Gasteiger partial charge in [-0.15, -0.1) is 0 Å². The molecule has 1 aromatic carbocycles. The van der Waals surface area contributed by atoms with Crippen LogP contribution >= 0.6 is 0 Å². The smallest absolute Gasteiger partial charge is 0.313 e. The number of carboxylic acid groups (broad SMARTS) is 1. The van der Waals surface area contributed by atoms with Crippen LogP contribution in [0.1, 0.15) is 22.9 Å². The maximum atomic E-state index is 12.8. The number of carboxylic acids is 1. The third kappa shape index (κ3) is 2.64. The van der Waals surface area contributed by atoms with Gasteiger partial charge in [-0.3, -0.25) is 4.79 Å².